The molecule has 9 fully saturated rings. The van der Waals surface area contributed by atoms with E-state index in [1.807, 2.05) is 13.0 Å². The fourth-order valence-corrected chi connectivity index (χ4v) is 15.3. The SMILES string of the molecule is C[C@@H]1CC[C@@]2(OC1)O[C@H]1C[C@H]3C4=C[C@@H](O)[C@@]5(O)C[C@@H](O[C@@H]6O[C@H](CO)[C@@H](O[C@@H]7O[C@@H](C)[C@H](O[C@@H]8O[C@@H](C)[C@H](O)[C@@H](O)[C@H]8O)[C@@H](O)[C@H]7O)[C@H](O)[C@H]6O[C@@H]6O[C@@H](C)[C@H](O)[C@@H](O)[C@H]6O)CC[C@]5(C)[C@H]4CC[C@]3(C)[C@H]1[C@@H]2C. The zero-order valence-corrected chi connectivity index (χ0v) is 42.8. The van der Waals surface area contributed by atoms with Crippen molar-refractivity contribution in [2.24, 2.45) is 40.4 Å². The lowest BCUT2D eigenvalue weighted by atomic mass is 9.45. The summed E-state index contributed by atoms with van der Waals surface area (Å²) < 4.78 is 61.7. The van der Waals surface area contributed by atoms with E-state index in [1.165, 1.54) is 26.3 Å². The Morgan fingerprint density at radius 3 is 1.78 bits per heavy atom. The zero-order chi connectivity index (χ0) is 52.6. The third-order valence-corrected chi connectivity index (χ3v) is 19.9. The summed E-state index contributed by atoms with van der Waals surface area (Å²) in [4.78, 5) is 0. The molecular weight excluding hydrogens is 965 g/mol. The van der Waals surface area contributed by atoms with E-state index in [1.54, 1.807) is 0 Å². The van der Waals surface area contributed by atoms with Gasteiger partial charge in [-0.05, 0) is 88.4 Å². The molecule has 3 saturated carbocycles. The van der Waals surface area contributed by atoms with Crippen molar-refractivity contribution in [3.8, 4) is 0 Å². The summed E-state index contributed by atoms with van der Waals surface area (Å²) in [5.41, 5.74) is -1.36. The first-order chi connectivity index (χ1) is 34.4. The molecule has 6 aliphatic heterocycles. The van der Waals surface area contributed by atoms with E-state index in [4.69, 9.17) is 47.4 Å². The second kappa shape index (κ2) is 20.2. The van der Waals surface area contributed by atoms with Crippen LogP contribution < -0.4 is 0 Å². The largest absolute Gasteiger partial charge is 0.394 e. The molecule has 0 radical (unpaired) electrons. The van der Waals surface area contributed by atoms with E-state index in [0.717, 1.165) is 32.1 Å². The fourth-order valence-electron chi connectivity index (χ4n) is 15.3. The molecule has 12 N–H and O–H groups in total. The quantitative estimate of drug-likeness (QED) is 0.113. The van der Waals surface area contributed by atoms with Gasteiger partial charge in [-0.2, -0.15) is 0 Å². The van der Waals surface area contributed by atoms with Crippen LogP contribution in [0.2, 0.25) is 0 Å². The third kappa shape index (κ3) is 8.94. The number of hydrogen-bond acceptors (Lipinski definition) is 22. The Kier molecular flexibility index (Phi) is 15.3. The Hall–Kier alpha value is -1.14. The van der Waals surface area contributed by atoms with E-state index >= 15 is 0 Å². The third-order valence-electron chi connectivity index (χ3n) is 19.9. The van der Waals surface area contributed by atoms with Crippen LogP contribution in [-0.2, 0) is 47.4 Å². The second-order valence-electron chi connectivity index (χ2n) is 24.1. The second-order valence-corrected chi connectivity index (χ2v) is 24.1. The standard InChI is InChI=1S/C51H82O22/c1-19-8-13-51(64-18-19)20(2)31-28(73-51)15-27-25-14-30(53)50(63)16-24(9-12-49(50,7)26(25)10-11-48(27,31)6)68-47-43(72-45-38(60)35(57)33(55)22(4)66-45)40(62)42(29(17-52)69-47)71-46-39(61)36(58)41(23(5)67-46)70-44-37(59)34(56)32(54)21(3)65-44/h14,19-24,26-47,52-63H,8-13,15-18H2,1-7H3/t19-,20+,21+,22+,23+,24+,26+,27+,28+,29-,30-,31+,32+,33+,34-,35-,36+,37-,38-,39-,40+,41+,42-,43-,44+,45+,46+,47-,48+,49-,50+,51-/m1/s1. The van der Waals surface area contributed by atoms with Crippen LogP contribution in [0.1, 0.15) is 99.8 Å². The lowest BCUT2D eigenvalue weighted by Crippen LogP contribution is -2.68. The molecule has 22 heteroatoms. The Labute approximate surface area is 425 Å². The van der Waals surface area contributed by atoms with Crippen LogP contribution in [0.5, 0.6) is 0 Å². The molecule has 6 heterocycles. The molecule has 10 rings (SSSR count). The molecule has 6 saturated heterocycles. The Morgan fingerprint density at radius 2 is 1.18 bits per heavy atom. The van der Waals surface area contributed by atoms with Crippen LogP contribution in [0.4, 0.5) is 0 Å². The molecule has 0 aromatic carbocycles. The van der Waals surface area contributed by atoms with Gasteiger partial charge in [0, 0.05) is 24.2 Å². The minimum Gasteiger partial charge on any atom is -0.394 e. The summed E-state index contributed by atoms with van der Waals surface area (Å²) in [6.45, 7) is 13.2. The topological polar surface area (TPSA) is 335 Å². The van der Waals surface area contributed by atoms with Gasteiger partial charge in [0.25, 0.3) is 0 Å². The number of aliphatic hydroxyl groups is 12. The predicted octanol–water partition coefficient (Wildman–Crippen LogP) is -1.82. The summed E-state index contributed by atoms with van der Waals surface area (Å²) >= 11 is 0. The van der Waals surface area contributed by atoms with E-state index in [-0.39, 0.29) is 41.6 Å². The van der Waals surface area contributed by atoms with Gasteiger partial charge in [0.15, 0.2) is 30.9 Å². The number of allylic oxidation sites excluding steroid dienone is 1. The first-order valence-electron chi connectivity index (χ1n) is 26.8. The van der Waals surface area contributed by atoms with Crippen LogP contribution in [0.15, 0.2) is 11.6 Å². The van der Waals surface area contributed by atoms with Gasteiger partial charge >= 0.3 is 0 Å². The number of ether oxygens (including phenoxy) is 10. The first kappa shape index (κ1) is 55.2. The molecule has 0 aromatic rings. The van der Waals surface area contributed by atoms with E-state index in [2.05, 4.69) is 20.8 Å². The fraction of sp³-hybridized carbons (Fsp3) is 0.961. The van der Waals surface area contributed by atoms with Gasteiger partial charge in [-0.1, -0.05) is 39.3 Å². The van der Waals surface area contributed by atoms with Gasteiger partial charge in [-0.3, -0.25) is 0 Å². The molecule has 22 nitrogen and oxygen atoms in total. The average molecular weight is 1050 g/mol. The monoisotopic (exact) mass is 1050 g/mol. The molecule has 0 aromatic heterocycles. The van der Waals surface area contributed by atoms with Crippen molar-refractivity contribution in [1.82, 2.24) is 0 Å². The molecular formula is C51H82O22. The molecule has 418 valence electrons. The lowest BCUT2D eigenvalue weighted by molar-refractivity contribution is -0.395. The summed E-state index contributed by atoms with van der Waals surface area (Å²) in [5, 5.41) is 134. The molecule has 4 aliphatic carbocycles. The van der Waals surface area contributed by atoms with Gasteiger partial charge in [0.05, 0.1) is 43.7 Å². The summed E-state index contributed by atoms with van der Waals surface area (Å²) in [6, 6.07) is 0. The van der Waals surface area contributed by atoms with Crippen LogP contribution in [0.3, 0.4) is 0 Å². The highest BCUT2D eigenvalue weighted by Gasteiger charge is 2.71. The van der Waals surface area contributed by atoms with Crippen molar-refractivity contribution < 1.29 is 109 Å². The van der Waals surface area contributed by atoms with Crippen LogP contribution in [0, 0.1) is 40.4 Å². The van der Waals surface area contributed by atoms with E-state index in [9.17, 15) is 61.3 Å². The molecule has 1 spiro atoms. The highest BCUT2D eigenvalue weighted by Crippen LogP contribution is 2.71. The normalized spacial score (nSPS) is 59.2. The van der Waals surface area contributed by atoms with Crippen molar-refractivity contribution in [2.45, 2.75) is 252 Å². The van der Waals surface area contributed by atoms with Crippen molar-refractivity contribution in [3.63, 3.8) is 0 Å². The average Bonchev–Trinajstić information content (AvgIpc) is 3.80. The molecule has 10 aliphatic rings. The summed E-state index contributed by atoms with van der Waals surface area (Å²) in [6.07, 6.45) is -26.1. The maximum atomic E-state index is 12.9. The van der Waals surface area contributed by atoms with Crippen molar-refractivity contribution >= 4 is 0 Å². The zero-order valence-electron chi connectivity index (χ0n) is 42.8. The highest BCUT2D eigenvalue weighted by atomic mass is 16.8. The van der Waals surface area contributed by atoms with Crippen LogP contribution >= 0.6 is 0 Å². The van der Waals surface area contributed by atoms with Gasteiger partial charge < -0.3 is 109 Å². The predicted molar refractivity (Wildman–Crippen MR) is 247 cm³/mol. The van der Waals surface area contributed by atoms with Crippen molar-refractivity contribution in [2.75, 3.05) is 13.2 Å². The summed E-state index contributed by atoms with van der Waals surface area (Å²) in [7, 11) is 0. The molecule has 0 unspecified atom stereocenters. The molecule has 73 heavy (non-hydrogen) atoms. The van der Waals surface area contributed by atoms with Gasteiger partial charge in [-0.15, -0.1) is 0 Å². The first-order valence-corrected chi connectivity index (χ1v) is 26.8. The maximum absolute atomic E-state index is 12.9. The minimum absolute atomic E-state index is 0.0241. The van der Waals surface area contributed by atoms with Crippen molar-refractivity contribution in [3.05, 3.63) is 11.6 Å². The lowest BCUT2D eigenvalue weighted by Gasteiger charge is -2.62. The number of rotatable bonds is 9. The Bertz CT molecular complexity index is 1980. The smallest absolute Gasteiger partial charge is 0.187 e. The highest BCUT2D eigenvalue weighted by molar-refractivity contribution is 5.34. The van der Waals surface area contributed by atoms with E-state index < -0.39 is 158 Å². The maximum Gasteiger partial charge on any atom is 0.187 e. The molecule has 32 atom stereocenters. The molecule has 0 bridgehead atoms. The Morgan fingerprint density at radius 1 is 0.589 bits per heavy atom. The number of aliphatic hydroxyl groups excluding tert-OH is 11. The van der Waals surface area contributed by atoms with Gasteiger partial charge in [0.2, 0.25) is 0 Å². The Balaban J connectivity index is 0.860. The van der Waals surface area contributed by atoms with Gasteiger partial charge in [0.1, 0.15) is 91.1 Å². The van der Waals surface area contributed by atoms with Crippen LogP contribution in [-0.4, -0.2) is 227 Å². The number of hydrogen-bond donors (Lipinski definition) is 12. The minimum atomic E-state index is -1.90. The molecule has 0 amide bonds. The van der Waals surface area contributed by atoms with Gasteiger partial charge in [-0.25, -0.2) is 0 Å². The van der Waals surface area contributed by atoms with Crippen LogP contribution in [0.25, 0.3) is 0 Å². The summed E-state index contributed by atoms with van der Waals surface area (Å²) in [5.74, 6) is 0.520. The van der Waals surface area contributed by atoms with Crippen molar-refractivity contribution in [1.29, 1.82) is 0 Å². The van der Waals surface area contributed by atoms with E-state index in [0.29, 0.717) is 25.4 Å². The number of fused-ring (bicyclic) bond motifs is 7.